The maximum Gasteiger partial charge on any atom is 0.00793 e. The predicted molar refractivity (Wildman–Crippen MR) is 75.4 cm³/mol. The van der Waals surface area contributed by atoms with Crippen LogP contribution in [0.4, 0.5) is 0 Å². The van der Waals surface area contributed by atoms with Crippen LogP contribution in [0.1, 0.15) is 25.8 Å². The molecule has 2 aromatic rings. The first-order chi connectivity index (χ1) is 8.31. The van der Waals surface area contributed by atoms with Gasteiger partial charge in [-0.15, -0.1) is 0 Å². The Morgan fingerprint density at radius 3 is 2.65 bits per heavy atom. The molecule has 0 saturated carbocycles. The Morgan fingerprint density at radius 1 is 1.06 bits per heavy atom. The number of nitrogens with one attached hydrogen (secondary N) is 1. The molecule has 90 valence electrons. The molecule has 0 aromatic heterocycles. The van der Waals surface area contributed by atoms with Gasteiger partial charge >= 0.3 is 0 Å². The van der Waals surface area contributed by atoms with Crippen LogP contribution in [0, 0.1) is 0 Å². The zero-order valence-electron chi connectivity index (χ0n) is 10.7. The molecule has 1 atom stereocenters. The standard InChI is InChI=1S/C16H21N/c1-3-11-17-13(2)12-15-9-6-8-14-7-4-5-10-16(14)15/h4-10,13,17H,3,11-12H2,1-2H3. The minimum atomic E-state index is 0.542. The number of benzene rings is 2. The zero-order chi connectivity index (χ0) is 12.1. The molecule has 1 N–H and O–H groups in total. The molecule has 0 bridgehead atoms. The quantitative estimate of drug-likeness (QED) is 0.820. The van der Waals surface area contributed by atoms with Crippen molar-refractivity contribution in [2.45, 2.75) is 32.7 Å². The molecule has 17 heavy (non-hydrogen) atoms. The van der Waals surface area contributed by atoms with Gasteiger partial charge in [-0.1, -0.05) is 49.4 Å². The van der Waals surface area contributed by atoms with Crippen molar-refractivity contribution in [3.63, 3.8) is 0 Å². The second-order valence-corrected chi connectivity index (χ2v) is 4.70. The van der Waals surface area contributed by atoms with Crippen LogP contribution >= 0.6 is 0 Å². The molecule has 0 spiro atoms. The molecule has 0 aliphatic carbocycles. The maximum atomic E-state index is 3.55. The average molecular weight is 227 g/mol. The smallest absolute Gasteiger partial charge is 0.00793 e. The van der Waals surface area contributed by atoms with E-state index in [2.05, 4.69) is 61.6 Å². The molecular weight excluding hydrogens is 206 g/mol. The van der Waals surface area contributed by atoms with E-state index < -0.39 is 0 Å². The van der Waals surface area contributed by atoms with E-state index in [0.29, 0.717) is 6.04 Å². The molecule has 0 fully saturated rings. The summed E-state index contributed by atoms with van der Waals surface area (Å²) in [7, 11) is 0. The Morgan fingerprint density at radius 2 is 1.82 bits per heavy atom. The molecular formula is C16H21N. The van der Waals surface area contributed by atoms with Crippen molar-refractivity contribution in [1.29, 1.82) is 0 Å². The molecule has 0 radical (unpaired) electrons. The Kier molecular flexibility index (Phi) is 4.16. The van der Waals surface area contributed by atoms with Crippen LogP contribution in [-0.2, 0) is 6.42 Å². The monoisotopic (exact) mass is 227 g/mol. The lowest BCUT2D eigenvalue weighted by Gasteiger charge is -2.14. The minimum absolute atomic E-state index is 0.542. The number of hydrogen-bond donors (Lipinski definition) is 1. The summed E-state index contributed by atoms with van der Waals surface area (Å²) in [5.74, 6) is 0. The van der Waals surface area contributed by atoms with E-state index in [0.717, 1.165) is 13.0 Å². The van der Waals surface area contributed by atoms with Crippen molar-refractivity contribution in [2.24, 2.45) is 0 Å². The lowest BCUT2D eigenvalue weighted by molar-refractivity contribution is 0.545. The first kappa shape index (κ1) is 12.1. The van der Waals surface area contributed by atoms with Crippen molar-refractivity contribution in [3.05, 3.63) is 48.0 Å². The Labute approximate surface area is 104 Å². The van der Waals surface area contributed by atoms with Gasteiger partial charge in [0.1, 0.15) is 0 Å². The van der Waals surface area contributed by atoms with E-state index in [1.165, 1.54) is 22.8 Å². The van der Waals surface area contributed by atoms with Crippen molar-refractivity contribution >= 4 is 10.8 Å². The molecule has 0 heterocycles. The lowest BCUT2D eigenvalue weighted by Crippen LogP contribution is -2.28. The fourth-order valence-corrected chi connectivity index (χ4v) is 2.26. The first-order valence-corrected chi connectivity index (χ1v) is 6.51. The summed E-state index contributed by atoms with van der Waals surface area (Å²) in [5.41, 5.74) is 1.44. The van der Waals surface area contributed by atoms with E-state index in [9.17, 15) is 0 Å². The van der Waals surface area contributed by atoms with Crippen molar-refractivity contribution in [1.82, 2.24) is 5.32 Å². The Bertz CT molecular complexity index is 470. The minimum Gasteiger partial charge on any atom is -0.314 e. The third-order valence-electron chi connectivity index (χ3n) is 3.15. The molecule has 1 unspecified atom stereocenters. The summed E-state index contributed by atoms with van der Waals surface area (Å²) in [6.07, 6.45) is 2.29. The fraction of sp³-hybridized carbons (Fsp3) is 0.375. The van der Waals surface area contributed by atoms with Gasteiger partial charge in [0, 0.05) is 6.04 Å². The van der Waals surface area contributed by atoms with Gasteiger partial charge in [0.25, 0.3) is 0 Å². The summed E-state index contributed by atoms with van der Waals surface area (Å²) >= 11 is 0. The van der Waals surface area contributed by atoms with Gasteiger partial charge in [-0.05, 0) is 42.6 Å². The summed E-state index contributed by atoms with van der Waals surface area (Å²) in [6.45, 7) is 5.57. The summed E-state index contributed by atoms with van der Waals surface area (Å²) in [5, 5.41) is 6.27. The number of rotatable bonds is 5. The molecule has 2 aromatic carbocycles. The summed E-state index contributed by atoms with van der Waals surface area (Å²) < 4.78 is 0. The fourth-order valence-electron chi connectivity index (χ4n) is 2.26. The van der Waals surface area contributed by atoms with E-state index in [1.807, 2.05) is 0 Å². The van der Waals surface area contributed by atoms with E-state index in [4.69, 9.17) is 0 Å². The van der Waals surface area contributed by atoms with E-state index in [-0.39, 0.29) is 0 Å². The van der Waals surface area contributed by atoms with Crippen LogP contribution in [0.15, 0.2) is 42.5 Å². The van der Waals surface area contributed by atoms with Crippen LogP contribution in [-0.4, -0.2) is 12.6 Å². The van der Waals surface area contributed by atoms with Gasteiger partial charge in [-0.3, -0.25) is 0 Å². The van der Waals surface area contributed by atoms with Gasteiger partial charge in [-0.2, -0.15) is 0 Å². The normalized spacial score (nSPS) is 12.8. The highest BCUT2D eigenvalue weighted by Gasteiger charge is 2.05. The van der Waals surface area contributed by atoms with Gasteiger partial charge in [0.15, 0.2) is 0 Å². The molecule has 0 amide bonds. The highest BCUT2D eigenvalue weighted by atomic mass is 14.9. The van der Waals surface area contributed by atoms with Crippen molar-refractivity contribution in [2.75, 3.05) is 6.54 Å². The largest absolute Gasteiger partial charge is 0.314 e. The van der Waals surface area contributed by atoms with Crippen LogP contribution in [0.3, 0.4) is 0 Å². The third kappa shape index (κ3) is 3.07. The van der Waals surface area contributed by atoms with Gasteiger partial charge < -0.3 is 5.32 Å². The van der Waals surface area contributed by atoms with Crippen molar-refractivity contribution < 1.29 is 0 Å². The molecule has 1 heteroatoms. The zero-order valence-corrected chi connectivity index (χ0v) is 10.7. The number of fused-ring (bicyclic) bond motifs is 1. The van der Waals surface area contributed by atoms with Gasteiger partial charge in [-0.25, -0.2) is 0 Å². The summed E-state index contributed by atoms with van der Waals surface area (Å²) in [4.78, 5) is 0. The first-order valence-electron chi connectivity index (χ1n) is 6.51. The second-order valence-electron chi connectivity index (χ2n) is 4.70. The highest BCUT2D eigenvalue weighted by Crippen LogP contribution is 2.19. The molecule has 1 nitrogen and oxygen atoms in total. The van der Waals surface area contributed by atoms with Gasteiger partial charge in [0.05, 0.1) is 0 Å². The third-order valence-corrected chi connectivity index (χ3v) is 3.15. The van der Waals surface area contributed by atoms with E-state index >= 15 is 0 Å². The van der Waals surface area contributed by atoms with Gasteiger partial charge in [0.2, 0.25) is 0 Å². The highest BCUT2D eigenvalue weighted by molar-refractivity contribution is 5.85. The second kappa shape index (κ2) is 5.83. The maximum absolute atomic E-state index is 3.55. The average Bonchev–Trinajstić information content (AvgIpc) is 2.37. The number of hydrogen-bond acceptors (Lipinski definition) is 1. The van der Waals surface area contributed by atoms with Crippen molar-refractivity contribution in [3.8, 4) is 0 Å². The predicted octanol–water partition coefficient (Wildman–Crippen LogP) is 3.77. The Balaban J connectivity index is 2.18. The Hall–Kier alpha value is -1.34. The molecule has 0 aliphatic rings. The topological polar surface area (TPSA) is 12.0 Å². The lowest BCUT2D eigenvalue weighted by atomic mass is 9.99. The van der Waals surface area contributed by atoms with E-state index in [1.54, 1.807) is 0 Å². The molecule has 0 aliphatic heterocycles. The SMILES string of the molecule is CCCNC(C)Cc1cccc2ccccc12. The van der Waals surface area contributed by atoms with Crippen LogP contribution in [0.25, 0.3) is 10.8 Å². The summed E-state index contributed by atoms with van der Waals surface area (Å²) in [6, 6.07) is 15.8. The molecule has 2 rings (SSSR count). The van der Waals surface area contributed by atoms with Crippen LogP contribution in [0.5, 0.6) is 0 Å². The van der Waals surface area contributed by atoms with Crippen LogP contribution in [0.2, 0.25) is 0 Å². The van der Waals surface area contributed by atoms with Crippen LogP contribution < -0.4 is 5.32 Å². The molecule has 0 saturated heterocycles.